The maximum Gasteiger partial charge on any atom is 0.392 e. The summed E-state index contributed by atoms with van der Waals surface area (Å²) in [6, 6.07) is 0. The summed E-state index contributed by atoms with van der Waals surface area (Å²) in [6.07, 6.45) is -4.03. The predicted molar refractivity (Wildman–Crippen MR) is 25.7 cm³/mol. The third-order valence-electron chi connectivity index (χ3n) is 0.485. The van der Waals surface area contributed by atoms with Crippen LogP contribution in [0.25, 0.3) is 0 Å². The summed E-state index contributed by atoms with van der Waals surface area (Å²) < 4.78 is 33.4. The maximum atomic E-state index is 11.1. The van der Waals surface area contributed by atoms with Gasteiger partial charge in [-0.3, -0.25) is 0 Å². The highest BCUT2D eigenvalue weighted by Crippen LogP contribution is 2.19. The SMILES string of the molecule is FC(F)(F)[CH]CCCl. The van der Waals surface area contributed by atoms with Crippen molar-refractivity contribution in [3.63, 3.8) is 0 Å². The number of alkyl halides is 4. The van der Waals surface area contributed by atoms with Crippen LogP contribution in [0.2, 0.25) is 0 Å². The highest BCUT2D eigenvalue weighted by molar-refractivity contribution is 6.17. The van der Waals surface area contributed by atoms with E-state index in [1.54, 1.807) is 0 Å². The van der Waals surface area contributed by atoms with Gasteiger partial charge in [0.2, 0.25) is 0 Å². The zero-order valence-corrected chi connectivity index (χ0v) is 4.76. The van der Waals surface area contributed by atoms with E-state index < -0.39 is 6.18 Å². The molecule has 49 valence electrons. The molecule has 0 atom stereocenters. The Hall–Kier alpha value is 0.0800. The Morgan fingerprint density at radius 3 is 2.00 bits per heavy atom. The number of hydrogen-bond donors (Lipinski definition) is 0. The fourth-order valence-electron chi connectivity index (χ4n) is 0.218. The van der Waals surface area contributed by atoms with Crippen LogP contribution in [0.15, 0.2) is 0 Å². The second-order valence-electron chi connectivity index (χ2n) is 1.22. The van der Waals surface area contributed by atoms with Gasteiger partial charge in [0.1, 0.15) is 0 Å². The highest BCUT2D eigenvalue weighted by Gasteiger charge is 2.26. The molecule has 0 aromatic rings. The third-order valence-corrected chi connectivity index (χ3v) is 0.703. The zero-order chi connectivity index (χ0) is 6.62. The monoisotopic (exact) mass is 145 g/mol. The first kappa shape index (κ1) is 8.08. The summed E-state index contributed by atoms with van der Waals surface area (Å²) in [5, 5.41) is 0. The standard InChI is InChI=1S/C4H5ClF3/c5-3-1-2-4(6,7)8/h2H,1,3H2. The minimum Gasteiger partial charge on any atom is -0.171 e. The summed E-state index contributed by atoms with van der Waals surface area (Å²) in [5.74, 6) is 0.0273. The van der Waals surface area contributed by atoms with E-state index in [0.717, 1.165) is 0 Å². The molecule has 0 N–H and O–H groups in total. The van der Waals surface area contributed by atoms with Crippen LogP contribution < -0.4 is 0 Å². The summed E-state index contributed by atoms with van der Waals surface area (Å²) in [4.78, 5) is 0. The molecule has 0 saturated carbocycles. The largest absolute Gasteiger partial charge is 0.392 e. The molecule has 0 nitrogen and oxygen atoms in total. The number of rotatable bonds is 2. The molecule has 0 aliphatic heterocycles. The molecular weight excluding hydrogens is 140 g/mol. The Balaban J connectivity index is 3.11. The number of halogens is 4. The van der Waals surface area contributed by atoms with Gasteiger partial charge in [-0.05, 0) is 6.42 Å². The second kappa shape index (κ2) is 3.17. The molecule has 0 rings (SSSR count). The Labute approximate surface area is 50.6 Å². The van der Waals surface area contributed by atoms with Crippen molar-refractivity contribution in [2.45, 2.75) is 12.6 Å². The fraction of sp³-hybridized carbons (Fsp3) is 0.750. The average molecular weight is 146 g/mol. The van der Waals surface area contributed by atoms with E-state index in [4.69, 9.17) is 11.6 Å². The zero-order valence-electron chi connectivity index (χ0n) is 4.00. The third kappa shape index (κ3) is 6.08. The van der Waals surface area contributed by atoms with Crippen molar-refractivity contribution in [1.82, 2.24) is 0 Å². The van der Waals surface area contributed by atoms with Crippen LogP contribution in [0.5, 0.6) is 0 Å². The molecule has 0 amide bonds. The molecule has 0 bridgehead atoms. The number of hydrogen-bond acceptors (Lipinski definition) is 0. The topological polar surface area (TPSA) is 0 Å². The smallest absolute Gasteiger partial charge is 0.171 e. The van der Waals surface area contributed by atoms with Gasteiger partial charge < -0.3 is 0 Å². The van der Waals surface area contributed by atoms with Gasteiger partial charge in [-0.15, -0.1) is 11.6 Å². The van der Waals surface area contributed by atoms with Gasteiger partial charge in [-0.25, -0.2) is 0 Å². The molecule has 0 aromatic heterocycles. The summed E-state index contributed by atoms with van der Waals surface area (Å²) in [6.45, 7) is 0. The Morgan fingerprint density at radius 2 is 1.88 bits per heavy atom. The first-order valence-electron chi connectivity index (χ1n) is 2.03. The van der Waals surface area contributed by atoms with Crippen molar-refractivity contribution in [1.29, 1.82) is 0 Å². The molecule has 0 aliphatic carbocycles. The van der Waals surface area contributed by atoms with Crippen LogP contribution in [0.3, 0.4) is 0 Å². The quantitative estimate of drug-likeness (QED) is 0.524. The molecule has 0 fully saturated rings. The van der Waals surface area contributed by atoms with Crippen molar-refractivity contribution in [2.24, 2.45) is 0 Å². The van der Waals surface area contributed by atoms with E-state index >= 15 is 0 Å². The summed E-state index contributed by atoms with van der Waals surface area (Å²) in [5.41, 5.74) is 0. The fourth-order valence-corrected chi connectivity index (χ4v) is 0.327. The first-order chi connectivity index (χ1) is 3.56. The molecule has 0 aromatic carbocycles. The highest BCUT2D eigenvalue weighted by atomic mass is 35.5. The van der Waals surface area contributed by atoms with Crippen LogP contribution in [-0.2, 0) is 0 Å². The predicted octanol–water partition coefficient (Wildman–Crippen LogP) is 2.38. The Morgan fingerprint density at radius 1 is 1.38 bits per heavy atom. The van der Waals surface area contributed by atoms with Crippen molar-refractivity contribution >= 4 is 11.6 Å². The molecule has 0 spiro atoms. The molecule has 0 unspecified atom stereocenters. The average Bonchev–Trinajstić information content (AvgIpc) is 1.59. The van der Waals surface area contributed by atoms with E-state index in [9.17, 15) is 13.2 Å². The Bertz CT molecular complexity index is 58.8. The lowest BCUT2D eigenvalue weighted by Crippen LogP contribution is -2.07. The first-order valence-corrected chi connectivity index (χ1v) is 2.57. The molecule has 8 heavy (non-hydrogen) atoms. The van der Waals surface area contributed by atoms with Crippen molar-refractivity contribution in [3.8, 4) is 0 Å². The van der Waals surface area contributed by atoms with E-state index in [1.165, 1.54) is 0 Å². The Kier molecular flexibility index (Phi) is 3.21. The minimum atomic E-state index is -4.16. The summed E-state index contributed by atoms with van der Waals surface area (Å²) >= 11 is 4.98. The van der Waals surface area contributed by atoms with Crippen LogP contribution in [0.4, 0.5) is 13.2 Å². The van der Waals surface area contributed by atoms with Gasteiger partial charge in [-0.1, -0.05) is 0 Å². The molecule has 1 radical (unpaired) electrons. The minimum absolute atomic E-state index is 0.0273. The van der Waals surface area contributed by atoms with Crippen LogP contribution in [0, 0.1) is 6.42 Å². The van der Waals surface area contributed by atoms with Crippen LogP contribution >= 0.6 is 11.6 Å². The molecule has 0 heterocycles. The van der Waals surface area contributed by atoms with Crippen molar-refractivity contribution in [3.05, 3.63) is 6.42 Å². The van der Waals surface area contributed by atoms with Crippen molar-refractivity contribution in [2.75, 3.05) is 5.88 Å². The second-order valence-corrected chi connectivity index (χ2v) is 1.60. The van der Waals surface area contributed by atoms with E-state index in [0.29, 0.717) is 0 Å². The molecule has 0 aliphatic rings. The summed E-state index contributed by atoms with van der Waals surface area (Å²) in [7, 11) is 0. The van der Waals surface area contributed by atoms with E-state index in [2.05, 4.69) is 0 Å². The van der Waals surface area contributed by atoms with Gasteiger partial charge >= 0.3 is 6.18 Å². The molecule has 0 saturated heterocycles. The van der Waals surface area contributed by atoms with Crippen LogP contribution in [-0.4, -0.2) is 12.1 Å². The van der Waals surface area contributed by atoms with Crippen LogP contribution in [0.1, 0.15) is 6.42 Å². The van der Waals surface area contributed by atoms with Gasteiger partial charge in [0, 0.05) is 5.88 Å². The van der Waals surface area contributed by atoms with Gasteiger partial charge in [0.05, 0.1) is 6.42 Å². The van der Waals surface area contributed by atoms with Gasteiger partial charge in [-0.2, -0.15) is 13.2 Å². The van der Waals surface area contributed by atoms with Crippen molar-refractivity contribution < 1.29 is 13.2 Å². The van der Waals surface area contributed by atoms with Gasteiger partial charge in [0.25, 0.3) is 0 Å². The lowest BCUT2D eigenvalue weighted by molar-refractivity contribution is -0.0976. The molecule has 4 heteroatoms. The lowest BCUT2D eigenvalue weighted by Gasteiger charge is -2.00. The lowest BCUT2D eigenvalue weighted by atomic mass is 10.3. The van der Waals surface area contributed by atoms with E-state index in [1.807, 2.05) is 0 Å². The van der Waals surface area contributed by atoms with Gasteiger partial charge in [0.15, 0.2) is 0 Å². The maximum absolute atomic E-state index is 11.1. The van der Waals surface area contributed by atoms with E-state index in [-0.39, 0.29) is 18.7 Å². The normalized spacial score (nSPS) is 12.0. The molecular formula is C4H5ClF3.